The molecule has 1 heterocycles. The summed E-state index contributed by atoms with van der Waals surface area (Å²) in [5.41, 5.74) is 1.27. The lowest BCUT2D eigenvalue weighted by molar-refractivity contribution is -0.384. The van der Waals surface area contributed by atoms with Gasteiger partial charge in [0, 0.05) is 35.0 Å². The van der Waals surface area contributed by atoms with Crippen molar-refractivity contribution in [3.63, 3.8) is 0 Å². The van der Waals surface area contributed by atoms with Crippen LogP contribution in [0.25, 0.3) is 0 Å². The third kappa shape index (κ3) is 4.33. The van der Waals surface area contributed by atoms with E-state index in [-0.39, 0.29) is 27.8 Å². The molecule has 0 aromatic heterocycles. The van der Waals surface area contributed by atoms with Gasteiger partial charge in [-0.15, -0.1) is 4.40 Å². The third-order valence-electron chi connectivity index (χ3n) is 5.03. The molecule has 3 aromatic rings. The van der Waals surface area contributed by atoms with Crippen LogP contribution < -0.4 is 10.2 Å². The van der Waals surface area contributed by atoms with Gasteiger partial charge in [0.15, 0.2) is 0 Å². The molecule has 0 aliphatic carbocycles. The lowest BCUT2D eigenvalue weighted by atomic mass is 10.1. The Labute approximate surface area is 190 Å². The van der Waals surface area contributed by atoms with Crippen molar-refractivity contribution in [1.82, 2.24) is 0 Å². The Bertz CT molecular complexity index is 1380. The van der Waals surface area contributed by atoms with Crippen molar-refractivity contribution in [2.75, 3.05) is 10.2 Å². The molecule has 3 aromatic carbocycles. The molecule has 10 heteroatoms. The number of amides is 1. The summed E-state index contributed by atoms with van der Waals surface area (Å²) in [4.78, 5) is 24.7. The van der Waals surface area contributed by atoms with E-state index in [0.29, 0.717) is 11.5 Å². The summed E-state index contributed by atoms with van der Waals surface area (Å²) >= 11 is 0. The summed E-state index contributed by atoms with van der Waals surface area (Å²) in [6.45, 7) is 3.73. The molecule has 1 aliphatic heterocycles. The third-order valence-corrected chi connectivity index (χ3v) is 6.34. The Morgan fingerprint density at radius 3 is 2.42 bits per heavy atom. The average Bonchev–Trinajstić information content (AvgIpc) is 2.79. The van der Waals surface area contributed by atoms with Gasteiger partial charge in [-0.2, -0.15) is 8.42 Å². The fourth-order valence-corrected chi connectivity index (χ4v) is 4.83. The lowest BCUT2D eigenvalue weighted by Crippen LogP contribution is -2.35. The van der Waals surface area contributed by atoms with Crippen molar-refractivity contribution in [2.24, 2.45) is 10.3 Å². The van der Waals surface area contributed by atoms with Crippen molar-refractivity contribution in [3.8, 4) is 0 Å². The fraction of sp³-hybridized carbons (Fsp3) is 0.130. The number of non-ortho nitro benzene ring substituents is 1. The molecule has 1 aliphatic rings. The molecule has 9 nitrogen and oxygen atoms in total. The van der Waals surface area contributed by atoms with E-state index >= 15 is 0 Å². The summed E-state index contributed by atoms with van der Waals surface area (Å²) in [6, 6.07) is 19.1. The fourth-order valence-electron chi connectivity index (χ4n) is 3.50. The number of sulfonamides is 1. The maximum atomic E-state index is 13.0. The van der Waals surface area contributed by atoms with Crippen LogP contribution in [0.4, 0.5) is 22.7 Å². The monoisotopic (exact) mass is 464 g/mol. The Morgan fingerprint density at radius 1 is 1.03 bits per heavy atom. The second-order valence-corrected chi connectivity index (χ2v) is 9.27. The second kappa shape index (κ2) is 8.47. The minimum absolute atomic E-state index is 0.0485. The normalized spacial score (nSPS) is 14.4. The zero-order valence-corrected chi connectivity index (χ0v) is 18.6. The van der Waals surface area contributed by atoms with Crippen LogP contribution >= 0.6 is 0 Å². The molecule has 4 rings (SSSR count). The van der Waals surface area contributed by atoms with Gasteiger partial charge in [-0.1, -0.05) is 38.1 Å². The van der Waals surface area contributed by atoms with Gasteiger partial charge in [0.1, 0.15) is 10.7 Å². The Morgan fingerprint density at radius 2 is 1.76 bits per heavy atom. The van der Waals surface area contributed by atoms with Crippen LogP contribution in [0.1, 0.15) is 24.2 Å². The van der Waals surface area contributed by atoms with Crippen LogP contribution in [0.15, 0.2) is 82.1 Å². The van der Waals surface area contributed by atoms with E-state index in [1.807, 2.05) is 44.2 Å². The number of nitrogens with zero attached hydrogens (tertiary/aromatic N) is 3. The molecule has 1 N–H and O–H groups in total. The zero-order valence-electron chi connectivity index (χ0n) is 17.8. The van der Waals surface area contributed by atoms with E-state index in [9.17, 15) is 23.3 Å². The molecule has 0 saturated carbocycles. The first-order valence-corrected chi connectivity index (χ1v) is 11.5. The number of carbonyl (C=O) groups excluding carboxylic acids is 1. The SMILES string of the molecule is CC(C)C1=NS(=O)(=O)c2cc(NC(=O)c3cccc([N+](=O)[O-])c3)ccc2N1c1ccccc1. The highest BCUT2D eigenvalue weighted by molar-refractivity contribution is 7.90. The summed E-state index contributed by atoms with van der Waals surface area (Å²) in [5, 5.41) is 13.6. The highest BCUT2D eigenvalue weighted by Gasteiger charge is 2.33. The first-order valence-electron chi connectivity index (χ1n) is 10.1. The van der Waals surface area contributed by atoms with E-state index < -0.39 is 20.9 Å². The molecule has 0 saturated heterocycles. The van der Waals surface area contributed by atoms with Crippen LogP contribution in [0, 0.1) is 16.0 Å². The van der Waals surface area contributed by atoms with Crippen LogP contribution in [-0.4, -0.2) is 25.1 Å². The molecule has 0 bridgehead atoms. The Kier molecular flexibility index (Phi) is 5.69. The van der Waals surface area contributed by atoms with Crippen molar-refractivity contribution in [1.29, 1.82) is 0 Å². The van der Waals surface area contributed by atoms with E-state index in [1.54, 1.807) is 17.0 Å². The highest BCUT2D eigenvalue weighted by atomic mass is 32.2. The summed E-state index contributed by atoms with van der Waals surface area (Å²) in [6.07, 6.45) is 0. The van der Waals surface area contributed by atoms with Gasteiger partial charge in [-0.3, -0.25) is 19.8 Å². The number of para-hydroxylation sites is 1. The smallest absolute Gasteiger partial charge is 0.286 e. The average molecular weight is 465 g/mol. The number of benzene rings is 3. The predicted molar refractivity (Wildman–Crippen MR) is 126 cm³/mol. The molecule has 0 unspecified atom stereocenters. The van der Waals surface area contributed by atoms with Crippen molar-refractivity contribution >= 4 is 44.5 Å². The molecular weight excluding hydrogens is 444 g/mol. The minimum Gasteiger partial charge on any atom is -0.322 e. The number of fused-ring (bicyclic) bond motifs is 1. The van der Waals surface area contributed by atoms with Gasteiger partial charge >= 0.3 is 0 Å². The largest absolute Gasteiger partial charge is 0.322 e. The minimum atomic E-state index is -4.01. The first-order chi connectivity index (χ1) is 15.7. The summed E-state index contributed by atoms with van der Waals surface area (Å²) in [7, 11) is -4.01. The van der Waals surface area contributed by atoms with Crippen LogP contribution in [0.5, 0.6) is 0 Å². The number of carbonyl (C=O) groups is 1. The topological polar surface area (TPSA) is 122 Å². The molecule has 0 spiro atoms. The quantitative estimate of drug-likeness (QED) is 0.430. The molecule has 0 fully saturated rings. The number of hydrogen-bond donors (Lipinski definition) is 1. The number of nitrogens with one attached hydrogen (secondary N) is 1. The van der Waals surface area contributed by atoms with Crippen LogP contribution in [0.3, 0.4) is 0 Å². The van der Waals surface area contributed by atoms with Crippen molar-refractivity contribution in [2.45, 2.75) is 18.7 Å². The van der Waals surface area contributed by atoms with Gasteiger partial charge in [0.2, 0.25) is 0 Å². The van der Waals surface area contributed by atoms with Crippen LogP contribution in [0.2, 0.25) is 0 Å². The molecule has 1 amide bonds. The first kappa shape index (κ1) is 22.2. The van der Waals surface area contributed by atoms with Gasteiger partial charge < -0.3 is 5.32 Å². The molecular formula is C23H20N4O5S. The summed E-state index contributed by atoms with van der Waals surface area (Å²) in [5.74, 6) is -0.374. The van der Waals surface area contributed by atoms with E-state index in [1.165, 1.54) is 24.3 Å². The Hall–Kier alpha value is -4.05. The van der Waals surface area contributed by atoms with Gasteiger partial charge in [0.05, 0.1) is 10.6 Å². The number of hydrogen-bond acceptors (Lipinski definition) is 6. The number of nitro benzene ring substituents is 1. The van der Waals surface area contributed by atoms with Gasteiger partial charge in [-0.05, 0) is 36.4 Å². The van der Waals surface area contributed by atoms with Gasteiger partial charge in [-0.25, -0.2) is 0 Å². The van der Waals surface area contributed by atoms with E-state index in [4.69, 9.17) is 0 Å². The van der Waals surface area contributed by atoms with E-state index in [0.717, 1.165) is 11.8 Å². The van der Waals surface area contributed by atoms with Crippen LogP contribution in [-0.2, 0) is 10.0 Å². The Balaban J connectivity index is 1.74. The second-order valence-electron chi connectivity index (χ2n) is 7.69. The zero-order chi connectivity index (χ0) is 23.8. The maximum Gasteiger partial charge on any atom is 0.286 e. The number of amidine groups is 1. The van der Waals surface area contributed by atoms with Gasteiger partial charge in [0.25, 0.3) is 21.6 Å². The summed E-state index contributed by atoms with van der Waals surface area (Å²) < 4.78 is 30.0. The molecule has 0 atom stereocenters. The molecule has 33 heavy (non-hydrogen) atoms. The number of rotatable bonds is 5. The lowest BCUT2D eigenvalue weighted by Gasteiger charge is -2.33. The number of nitro groups is 1. The highest BCUT2D eigenvalue weighted by Crippen LogP contribution is 2.39. The van der Waals surface area contributed by atoms with Crippen molar-refractivity contribution < 1.29 is 18.1 Å². The van der Waals surface area contributed by atoms with E-state index in [2.05, 4.69) is 9.71 Å². The standard InChI is InChI=1S/C23H20N4O5S/c1-15(2)22-25-33(31,32)21-14-17(11-12-20(21)26(22)18-8-4-3-5-9-18)24-23(28)16-7-6-10-19(13-16)27(29)30/h3-15H,1-2H3,(H,24,28). The maximum absolute atomic E-state index is 13.0. The predicted octanol–water partition coefficient (Wildman–Crippen LogP) is 4.74. The molecule has 0 radical (unpaired) electrons. The van der Waals surface area contributed by atoms with Crippen molar-refractivity contribution in [3.05, 3.63) is 88.5 Å². The number of anilines is 3. The molecule has 168 valence electrons.